The second-order valence-corrected chi connectivity index (χ2v) is 7.97. The van der Waals surface area contributed by atoms with Crippen molar-refractivity contribution in [3.63, 3.8) is 0 Å². The quantitative estimate of drug-likeness (QED) is 0.822. The molecule has 0 saturated heterocycles. The van der Waals surface area contributed by atoms with E-state index >= 15 is 0 Å². The summed E-state index contributed by atoms with van der Waals surface area (Å²) in [6.07, 6.45) is 1.88. The van der Waals surface area contributed by atoms with E-state index in [1.165, 1.54) is 11.4 Å². The van der Waals surface area contributed by atoms with Crippen LogP contribution < -0.4 is 9.62 Å². The van der Waals surface area contributed by atoms with Crippen LogP contribution in [0.2, 0.25) is 0 Å². The molecule has 0 bridgehead atoms. The zero-order valence-corrected chi connectivity index (χ0v) is 15.6. The Hall–Kier alpha value is -2.34. The number of nitrogens with zero attached hydrogens (tertiary/aromatic N) is 1. The summed E-state index contributed by atoms with van der Waals surface area (Å²) in [5, 5.41) is 2.93. The molecule has 25 heavy (non-hydrogen) atoms. The number of hydrogen-bond donors (Lipinski definition) is 1. The molecule has 6 heteroatoms. The molecule has 0 heterocycles. The van der Waals surface area contributed by atoms with Crippen LogP contribution in [0.1, 0.15) is 37.0 Å². The Kier molecular flexibility index (Phi) is 6.20. The fourth-order valence-electron chi connectivity index (χ4n) is 2.54. The molecule has 5 nitrogen and oxygen atoms in total. The highest BCUT2D eigenvalue weighted by Crippen LogP contribution is 2.22. The first-order valence-electron chi connectivity index (χ1n) is 8.31. The molecule has 134 valence electrons. The summed E-state index contributed by atoms with van der Waals surface area (Å²) in [5.41, 5.74) is 0.884. The molecular weight excluding hydrogens is 336 g/mol. The van der Waals surface area contributed by atoms with E-state index in [-0.39, 0.29) is 16.8 Å². The van der Waals surface area contributed by atoms with Crippen LogP contribution >= 0.6 is 0 Å². The average Bonchev–Trinajstić information content (AvgIpc) is 2.62. The molecule has 0 aromatic heterocycles. The standard InChI is InChI=1S/C19H24N2O3S/c1-4-9-15(2)20-19(22)16-10-8-11-17(14-16)21(3)25(23,24)18-12-6-5-7-13-18/h5-8,10-15H,4,9H2,1-3H3,(H,20,22)/t15-/m1/s1. The molecule has 1 N–H and O–H groups in total. The number of rotatable bonds is 7. The number of carbonyl (C=O) groups excluding carboxylic acids is 1. The zero-order valence-electron chi connectivity index (χ0n) is 14.8. The van der Waals surface area contributed by atoms with Gasteiger partial charge >= 0.3 is 0 Å². The van der Waals surface area contributed by atoms with Crippen LogP contribution in [-0.2, 0) is 10.0 Å². The maximum absolute atomic E-state index is 12.7. The van der Waals surface area contributed by atoms with Crippen molar-refractivity contribution in [1.29, 1.82) is 0 Å². The first kappa shape index (κ1) is 19.0. The fourth-order valence-corrected chi connectivity index (χ4v) is 3.75. The van der Waals surface area contributed by atoms with Crippen LogP contribution in [0, 0.1) is 0 Å². The SMILES string of the molecule is CCC[C@@H](C)NC(=O)c1cccc(N(C)S(=O)(=O)c2ccccc2)c1. The second kappa shape index (κ2) is 8.16. The minimum atomic E-state index is -3.66. The third-order valence-corrected chi connectivity index (χ3v) is 5.77. The predicted molar refractivity (Wildman–Crippen MR) is 100 cm³/mol. The normalized spacial score (nSPS) is 12.4. The highest BCUT2D eigenvalue weighted by Gasteiger charge is 2.21. The van der Waals surface area contributed by atoms with Crippen molar-refractivity contribution >= 4 is 21.6 Å². The van der Waals surface area contributed by atoms with Crippen molar-refractivity contribution in [2.24, 2.45) is 0 Å². The van der Waals surface area contributed by atoms with Gasteiger partial charge in [0.05, 0.1) is 10.6 Å². The van der Waals surface area contributed by atoms with Gasteiger partial charge in [-0.25, -0.2) is 8.42 Å². The smallest absolute Gasteiger partial charge is 0.264 e. The highest BCUT2D eigenvalue weighted by atomic mass is 32.2. The number of anilines is 1. The summed E-state index contributed by atoms with van der Waals surface area (Å²) in [6, 6.07) is 14.9. The average molecular weight is 360 g/mol. The molecule has 0 aliphatic rings. The second-order valence-electron chi connectivity index (χ2n) is 6.00. The summed E-state index contributed by atoms with van der Waals surface area (Å²) < 4.78 is 26.6. The summed E-state index contributed by atoms with van der Waals surface area (Å²) in [5.74, 6) is -0.201. The zero-order chi connectivity index (χ0) is 18.4. The van der Waals surface area contributed by atoms with Gasteiger partial charge in [-0.05, 0) is 43.7 Å². The Morgan fingerprint density at radius 3 is 2.44 bits per heavy atom. The third-order valence-electron chi connectivity index (χ3n) is 3.97. The molecule has 2 aromatic carbocycles. The van der Waals surface area contributed by atoms with Crippen LogP contribution in [0.15, 0.2) is 59.5 Å². The van der Waals surface area contributed by atoms with Gasteiger partial charge in [0.1, 0.15) is 0 Å². The molecule has 1 atom stereocenters. The van der Waals surface area contributed by atoms with Gasteiger partial charge in [0.2, 0.25) is 0 Å². The number of nitrogens with one attached hydrogen (secondary N) is 1. The Morgan fingerprint density at radius 1 is 1.12 bits per heavy atom. The van der Waals surface area contributed by atoms with E-state index in [0.717, 1.165) is 12.8 Å². The molecular formula is C19H24N2O3S. The van der Waals surface area contributed by atoms with Crippen molar-refractivity contribution in [2.45, 2.75) is 37.6 Å². The van der Waals surface area contributed by atoms with E-state index in [4.69, 9.17) is 0 Å². The predicted octanol–water partition coefficient (Wildman–Crippen LogP) is 3.43. The largest absolute Gasteiger partial charge is 0.350 e. The van der Waals surface area contributed by atoms with E-state index in [1.54, 1.807) is 54.6 Å². The van der Waals surface area contributed by atoms with E-state index in [1.807, 2.05) is 6.92 Å². The number of benzene rings is 2. The van der Waals surface area contributed by atoms with Crippen molar-refractivity contribution in [1.82, 2.24) is 5.32 Å². The molecule has 2 aromatic rings. The Balaban J connectivity index is 2.25. The number of carbonyl (C=O) groups is 1. The highest BCUT2D eigenvalue weighted by molar-refractivity contribution is 7.92. The van der Waals surface area contributed by atoms with E-state index in [9.17, 15) is 13.2 Å². The molecule has 0 aliphatic carbocycles. The number of sulfonamides is 1. The van der Waals surface area contributed by atoms with Crippen molar-refractivity contribution in [3.05, 3.63) is 60.2 Å². The van der Waals surface area contributed by atoms with Gasteiger partial charge in [-0.1, -0.05) is 37.6 Å². The van der Waals surface area contributed by atoms with Crippen LogP contribution in [-0.4, -0.2) is 27.4 Å². The monoisotopic (exact) mass is 360 g/mol. The molecule has 0 spiro atoms. The third kappa shape index (κ3) is 4.60. The van der Waals surface area contributed by atoms with Crippen LogP contribution in [0.25, 0.3) is 0 Å². The molecule has 0 saturated carbocycles. The maximum atomic E-state index is 12.7. The van der Waals surface area contributed by atoms with E-state index < -0.39 is 10.0 Å². The van der Waals surface area contributed by atoms with Gasteiger partial charge < -0.3 is 5.32 Å². The molecule has 0 aliphatic heterocycles. The summed E-state index contributed by atoms with van der Waals surface area (Å²) in [7, 11) is -2.18. The van der Waals surface area contributed by atoms with Gasteiger partial charge in [-0.3, -0.25) is 9.10 Å². The molecule has 2 rings (SSSR count). The lowest BCUT2D eigenvalue weighted by molar-refractivity contribution is 0.0938. The molecule has 0 fully saturated rings. The molecule has 1 amide bonds. The fraction of sp³-hybridized carbons (Fsp3) is 0.316. The van der Waals surface area contributed by atoms with Crippen LogP contribution in [0.5, 0.6) is 0 Å². The lowest BCUT2D eigenvalue weighted by Gasteiger charge is -2.20. The Morgan fingerprint density at radius 2 is 1.80 bits per heavy atom. The van der Waals surface area contributed by atoms with Crippen LogP contribution in [0.3, 0.4) is 0 Å². The van der Waals surface area contributed by atoms with Gasteiger partial charge in [0.15, 0.2) is 0 Å². The summed E-state index contributed by atoms with van der Waals surface area (Å²) >= 11 is 0. The first-order valence-corrected chi connectivity index (χ1v) is 9.75. The van der Waals surface area contributed by atoms with Gasteiger partial charge in [0.25, 0.3) is 15.9 Å². The van der Waals surface area contributed by atoms with Crippen molar-refractivity contribution < 1.29 is 13.2 Å². The van der Waals surface area contributed by atoms with E-state index in [0.29, 0.717) is 11.3 Å². The topological polar surface area (TPSA) is 66.5 Å². The van der Waals surface area contributed by atoms with Crippen molar-refractivity contribution in [3.8, 4) is 0 Å². The van der Waals surface area contributed by atoms with Gasteiger partial charge in [0, 0.05) is 18.7 Å². The Labute approximate surface area is 149 Å². The van der Waals surface area contributed by atoms with Crippen LogP contribution in [0.4, 0.5) is 5.69 Å². The molecule has 0 unspecified atom stereocenters. The van der Waals surface area contributed by atoms with Gasteiger partial charge in [-0.2, -0.15) is 0 Å². The maximum Gasteiger partial charge on any atom is 0.264 e. The lowest BCUT2D eigenvalue weighted by Crippen LogP contribution is -2.32. The first-order chi connectivity index (χ1) is 11.9. The number of amides is 1. The molecule has 0 radical (unpaired) electrons. The lowest BCUT2D eigenvalue weighted by atomic mass is 10.1. The van der Waals surface area contributed by atoms with Crippen molar-refractivity contribution in [2.75, 3.05) is 11.4 Å². The minimum Gasteiger partial charge on any atom is -0.350 e. The van der Waals surface area contributed by atoms with E-state index in [2.05, 4.69) is 12.2 Å². The summed E-state index contributed by atoms with van der Waals surface area (Å²) in [6.45, 7) is 4.02. The Bertz CT molecular complexity index is 820. The minimum absolute atomic E-state index is 0.0759. The number of hydrogen-bond acceptors (Lipinski definition) is 3. The van der Waals surface area contributed by atoms with Gasteiger partial charge in [-0.15, -0.1) is 0 Å². The summed E-state index contributed by atoms with van der Waals surface area (Å²) in [4.78, 5) is 12.6.